The minimum absolute atomic E-state index is 0.0239. The van der Waals surface area contributed by atoms with Gasteiger partial charge in [-0.25, -0.2) is 0 Å². The maximum absolute atomic E-state index is 9.02. The molecule has 0 atom stereocenters. The Hall–Kier alpha value is -7.70. The van der Waals surface area contributed by atoms with Crippen LogP contribution in [0.1, 0.15) is 67.0 Å². The lowest BCUT2D eigenvalue weighted by Crippen LogP contribution is -2.11. The molecule has 0 saturated carbocycles. The molecule has 0 unspecified atom stereocenters. The lowest BCUT2D eigenvalue weighted by atomic mass is 10.1. The van der Waals surface area contributed by atoms with Gasteiger partial charge in [-0.3, -0.25) is 20.8 Å². The number of nitrogens with one attached hydrogen (secondary N) is 2. The quantitative estimate of drug-likeness (QED) is 0.0618. The number of pyridine rings is 2. The lowest BCUT2D eigenvalue weighted by molar-refractivity contribution is 0.290. The van der Waals surface area contributed by atoms with Gasteiger partial charge in [-0.1, -0.05) is 30.3 Å². The summed E-state index contributed by atoms with van der Waals surface area (Å²) in [6.45, 7) is 9.17. The molecule has 0 aliphatic rings. The molecule has 4 aromatic carbocycles. The van der Waals surface area contributed by atoms with Crippen LogP contribution in [0, 0.1) is 61.2 Å². The minimum Gasteiger partial charge on any atom is -0.489 e. The number of hydrogen-bond acceptors (Lipinski definition) is 10. The average Bonchev–Trinajstić information content (AvgIpc) is 3.23. The van der Waals surface area contributed by atoms with E-state index in [0.29, 0.717) is 60.2 Å². The van der Waals surface area contributed by atoms with E-state index in [4.69, 9.17) is 51.8 Å². The third-order valence-corrected chi connectivity index (χ3v) is 9.13. The fourth-order valence-electron chi connectivity index (χ4n) is 5.76. The number of hydrogen-bond donors (Lipinski definition) is 4. The van der Waals surface area contributed by atoms with E-state index in [1.165, 1.54) is 0 Å². The number of nitrogens with two attached hydrogens (primary N) is 2. The summed E-state index contributed by atoms with van der Waals surface area (Å²) in [7, 11) is 0. The van der Waals surface area contributed by atoms with Crippen molar-refractivity contribution in [1.82, 2.24) is 9.97 Å². The molecule has 6 rings (SSSR count). The number of nitrogens with zero attached hydrogens (tertiary/aromatic N) is 4. The summed E-state index contributed by atoms with van der Waals surface area (Å²) in [6, 6.07) is 33.1. The van der Waals surface area contributed by atoms with Crippen molar-refractivity contribution in [3.05, 3.63) is 176 Å². The molecule has 0 spiro atoms. The number of amidine groups is 2. The maximum atomic E-state index is 9.02. The summed E-state index contributed by atoms with van der Waals surface area (Å²) in [5.74, 6) is 2.87. The van der Waals surface area contributed by atoms with Crippen molar-refractivity contribution in [3.8, 4) is 35.1 Å². The molecule has 2 heterocycles. The zero-order valence-electron chi connectivity index (χ0n) is 32.8. The van der Waals surface area contributed by atoms with Crippen LogP contribution in [-0.4, -0.2) is 21.6 Å². The first-order valence-corrected chi connectivity index (χ1v) is 18.2. The Morgan fingerprint density at radius 1 is 0.552 bits per heavy atom. The zero-order valence-corrected chi connectivity index (χ0v) is 32.8. The maximum Gasteiger partial charge on any atom is 0.144 e. The largest absolute Gasteiger partial charge is 0.489 e. The summed E-state index contributed by atoms with van der Waals surface area (Å²) >= 11 is 0. The number of nitrogen functional groups attached to an aromatic ring is 2. The topological polar surface area (TPSA) is 210 Å². The highest BCUT2D eigenvalue weighted by atomic mass is 16.5. The fourth-order valence-corrected chi connectivity index (χ4v) is 5.76. The Morgan fingerprint density at radius 3 is 1.50 bits per heavy atom. The average molecular weight is 773 g/mol. The second-order valence-electron chi connectivity index (χ2n) is 13.3. The van der Waals surface area contributed by atoms with Crippen LogP contribution in [-0.2, 0) is 26.4 Å². The van der Waals surface area contributed by atoms with Gasteiger partial charge in [0.25, 0.3) is 0 Å². The van der Waals surface area contributed by atoms with Crippen molar-refractivity contribution in [2.45, 2.75) is 54.1 Å². The van der Waals surface area contributed by atoms with Crippen molar-refractivity contribution in [1.29, 1.82) is 21.3 Å². The van der Waals surface area contributed by atoms with Gasteiger partial charge in [-0.2, -0.15) is 10.5 Å². The number of ether oxygens (including phenoxy) is 4. The molecule has 0 aliphatic carbocycles. The lowest BCUT2D eigenvalue weighted by Gasteiger charge is -2.16. The first kappa shape index (κ1) is 41.5. The molecule has 0 bridgehead atoms. The van der Waals surface area contributed by atoms with E-state index in [9.17, 15) is 0 Å². The van der Waals surface area contributed by atoms with Crippen LogP contribution in [0.15, 0.2) is 109 Å². The predicted molar refractivity (Wildman–Crippen MR) is 222 cm³/mol. The molecular weight excluding hydrogens is 729 g/mol. The second-order valence-corrected chi connectivity index (χ2v) is 13.3. The predicted octanol–water partition coefficient (Wildman–Crippen LogP) is 8.02. The molecule has 12 heteroatoms. The van der Waals surface area contributed by atoms with Gasteiger partial charge in [0.2, 0.25) is 0 Å². The van der Waals surface area contributed by atoms with Crippen LogP contribution in [0.5, 0.6) is 23.0 Å². The number of benzene rings is 4. The summed E-state index contributed by atoms with van der Waals surface area (Å²) < 4.78 is 23.8. The summed E-state index contributed by atoms with van der Waals surface area (Å²) in [6.07, 6.45) is 3.58. The third kappa shape index (κ3) is 11.2. The Balaban J connectivity index is 0.000000221. The summed E-state index contributed by atoms with van der Waals surface area (Å²) in [4.78, 5) is 8.87. The first-order valence-electron chi connectivity index (χ1n) is 18.2. The van der Waals surface area contributed by atoms with E-state index in [1.54, 1.807) is 73.1 Å². The molecule has 12 nitrogen and oxygen atoms in total. The van der Waals surface area contributed by atoms with Crippen molar-refractivity contribution < 1.29 is 18.9 Å². The van der Waals surface area contributed by atoms with Gasteiger partial charge in [0.1, 0.15) is 61.1 Å². The summed E-state index contributed by atoms with van der Waals surface area (Å²) in [5, 5.41) is 32.9. The van der Waals surface area contributed by atoms with Gasteiger partial charge in [0.05, 0.1) is 34.7 Å². The van der Waals surface area contributed by atoms with Crippen LogP contribution in [0.3, 0.4) is 0 Å². The molecule has 0 fully saturated rings. The monoisotopic (exact) mass is 772 g/mol. The van der Waals surface area contributed by atoms with Crippen LogP contribution in [0.4, 0.5) is 0 Å². The highest BCUT2D eigenvalue weighted by molar-refractivity contribution is 5.95. The van der Waals surface area contributed by atoms with Crippen molar-refractivity contribution >= 4 is 11.7 Å². The van der Waals surface area contributed by atoms with E-state index >= 15 is 0 Å². The molecule has 0 saturated heterocycles. The van der Waals surface area contributed by atoms with E-state index in [1.807, 2.05) is 64.1 Å². The SMILES string of the molecule is Cc1ncc(COc2ccc(C#N)cc2)c(C)c1OCc1cccc(C#N)c1.Cc1ncc(COc2ccc(C(=N)N)cc2)c(C)c1OCc1cccc(C(=N)N)c1. The number of aromatic nitrogens is 2. The Labute approximate surface area is 338 Å². The van der Waals surface area contributed by atoms with E-state index < -0.39 is 0 Å². The fraction of sp³-hybridized carbons (Fsp3) is 0.174. The van der Waals surface area contributed by atoms with Gasteiger partial charge in [0.15, 0.2) is 0 Å². The molecule has 6 aromatic rings. The molecule has 0 amide bonds. The normalized spacial score (nSPS) is 10.2. The van der Waals surface area contributed by atoms with Crippen LogP contribution in [0.2, 0.25) is 0 Å². The molecule has 292 valence electrons. The third-order valence-electron chi connectivity index (χ3n) is 9.13. The zero-order chi connectivity index (χ0) is 41.6. The minimum atomic E-state index is 0.0239. The number of nitriles is 2. The van der Waals surface area contributed by atoms with Crippen molar-refractivity contribution in [3.63, 3.8) is 0 Å². The van der Waals surface area contributed by atoms with Gasteiger partial charge in [-0.15, -0.1) is 0 Å². The molecule has 6 N–H and O–H groups in total. The Morgan fingerprint density at radius 2 is 1.02 bits per heavy atom. The van der Waals surface area contributed by atoms with Crippen LogP contribution < -0.4 is 30.4 Å². The molecule has 0 aliphatic heterocycles. The first-order chi connectivity index (χ1) is 27.9. The van der Waals surface area contributed by atoms with Crippen LogP contribution >= 0.6 is 0 Å². The molecule has 0 radical (unpaired) electrons. The van der Waals surface area contributed by atoms with Crippen molar-refractivity contribution in [2.75, 3.05) is 0 Å². The number of aryl methyl sites for hydroxylation is 2. The van der Waals surface area contributed by atoms with E-state index in [0.717, 1.165) is 56.3 Å². The van der Waals surface area contributed by atoms with Crippen molar-refractivity contribution in [2.24, 2.45) is 11.5 Å². The van der Waals surface area contributed by atoms with E-state index in [2.05, 4.69) is 22.1 Å². The van der Waals surface area contributed by atoms with Gasteiger partial charge < -0.3 is 30.4 Å². The smallest absolute Gasteiger partial charge is 0.144 e. The summed E-state index contributed by atoms with van der Waals surface area (Å²) in [5.41, 5.74) is 20.8. The molecule has 58 heavy (non-hydrogen) atoms. The van der Waals surface area contributed by atoms with Gasteiger partial charge in [0, 0.05) is 45.8 Å². The highest BCUT2D eigenvalue weighted by Gasteiger charge is 2.14. The van der Waals surface area contributed by atoms with Gasteiger partial charge >= 0.3 is 0 Å². The van der Waals surface area contributed by atoms with Crippen LogP contribution in [0.25, 0.3) is 0 Å². The highest BCUT2D eigenvalue weighted by Crippen LogP contribution is 2.28. The molecule has 2 aromatic heterocycles. The number of rotatable bonds is 14. The molecular formula is C46H44N8O4. The standard InChI is InChI=1S/C23H25N5O2.C23H19N3O2/c1-14-19(13-29-20-8-6-17(7-9-20)22(24)25)11-28-15(2)21(14)30-12-16-4-3-5-18(10-16)23(26)27;1-16-21(15-27-22-8-6-18(11-24)7-9-22)13-26-17(2)23(16)28-14-20-5-3-4-19(10-20)12-25/h3-11H,12-13H2,1-2H3,(H3,24,25)(H3,26,27);3-10,13H,14-15H2,1-2H3. The Bertz CT molecular complexity index is 2490. The van der Waals surface area contributed by atoms with Gasteiger partial charge in [-0.05, 0) is 106 Å². The second kappa shape index (κ2) is 19.8. The van der Waals surface area contributed by atoms with E-state index in [-0.39, 0.29) is 11.7 Å². The Kier molecular flexibility index (Phi) is 14.1.